The molecule has 0 saturated heterocycles. The van der Waals surface area contributed by atoms with E-state index in [1.54, 1.807) is 11.3 Å². The summed E-state index contributed by atoms with van der Waals surface area (Å²) in [5, 5.41) is 0. The minimum Gasteiger partial charge on any atom is -0.370 e. The van der Waals surface area contributed by atoms with Crippen LogP contribution in [-0.2, 0) is 6.54 Å². The molecule has 0 radical (unpaired) electrons. The molecule has 1 rings (SSSR count). The van der Waals surface area contributed by atoms with Crippen molar-refractivity contribution in [2.75, 3.05) is 0 Å². The van der Waals surface area contributed by atoms with Crippen LogP contribution in [0.4, 0.5) is 0 Å². The minimum absolute atomic E-state index is 0. The number of halogens is 2. The van der Waals surface area contributed by atoms with Gasteiger partial charge in [0.25, 0.3) is 0 Å². The largest absolute Gasteiger partial charge is 0.370 e. The molecule has 0 fully saturated rings. The van der Waals surface area contributed by atoms with Gasteiger partial charge in [-0.05, 0) is 28.1 Å². The first-order valence-electron chi connectivity index (χ1n) is 2.98. The van der Waals surface area contributed by atoms with Gasteiger partial charge in [-0.3, -0.25) is 0 Å². The number of hydrogen-bond donors (Lipinski definition) is 2. The highest BCUT2D eigenvalue weighted by molar-refractivity contribution is 14.0. The van der Waals surface area contributed by atoms with Crippen molar-refractivity contribution in [2.45, 2.75) is 6.54 Å². The molecule has 0 amide bonds. The van der Waals surface area contributed by atoms with Crippen molar-refractivity contribution in [1.29, 1.82) is 0 Å². The summed E-state index contributed by atoms with van der Waals surface area (Å²) in [5.41, 5.74) is 10.3. The SMILES string of the molecule is I.NC(N)=NCc1ccc(Br)s1. The Balaban J connectivity index is 0.00000121. The molecule has 4 N–H and O–H groups in total. The first-order valence-corrected chi connectivity index (χ1v) is 4.59. The van der Waals surface area contributed by atoms with Crippen LogP contribution in [0.15, 0.2) is 20.9 Å². The second-order valence-corrected chi connectivity index (χ2v) is 4.49. The predicted octanol–water partition coefficient (Wildman–Crippen LogP) is 1.90. The third-order valence-corrected chi connectivity index (χ3v) is 2.65. The zero-order chi connectivity index (χ0) is 8.27. The van der Waals surface area contributed by atoms with E-state index in [1.807, 2.05) is 12.1 Å². The fourth-order valence-electron chi connectivity index (χ4n) is 0.606. The smallest absolute Gasteiger partial charge is 0.186 e. The molecule has 68 valence electrons. The van der Waals surface area contributed by atoms with Gasteiger partial charge in [0.2, 0.25) is 0 Å². The van der Waals surface area contributed by atoms with Crippen molar-refractivity contribution in [3.05, 3.63) is 20.8 Å². The van der Waals surface area contributed by atoms with Gasteiger partial charge in [0.15, 0.2) is 5.96 Å². The van der Waals surface area contributed by atoms with E-state index in [4.69, 9.17) is 11.5 Å². The van der Waals surface area contributed by atoms with Gasteiger partial charge in [0, 0.05) is 4.88 Å². The van der Waals surface area contributed by atoms with E-state index in [2.05, 4.69) is 20.9 Å². The summed E-state index contributed by atoms with van der Waals surface area (Å²) in [6, 6.07) is 3.96. The lowest BCUT2D eigenvalue weighted by Crippen LogP contribution is -2.22. The van der Waals surface area contributed by atoms with E-state index in [1.165, 1.54) is 0 Å². The molecule has 1 aromatic heterocycles. The fraction of sp³-hybridized carbons (Fsp3) is 0.167. The Morgan fingerprint density at radius 2 is 2.17 bits per heavy atom. The molecule has 0 aliphatic carbocycles. The fourth-order valence-corrected chi connectivity index (χ4v) is 2.01. The Bertz CT molecular complexity index is 270. The molecule has 0 aliphatic rings. The number of hydrogen-bond acceptors (Lipinski definition) is 2. The quantitative estimate of drug-likeness (QED) is 0.480. The lowest BCUT2D eigenvalue weighted by atomic mass is 10.5. The van der Waals surface area contributed by atoms with E-state index < -0.39 is 0 Å². The van der Waals surface area contributed by atoms with Crippen LogP contribution < -0.4 is 11.5 Å². The van der Waals surface area contributed by atoms with Gasteiger partial charge < -0.3 is 11.5 Å². The van der Waals surface area contributed by atoms with Gasteiger partial charge in [0.1, 0.15) is 0 Å². The zero-order valence-electron chi connectivity index (χ0n) is 6.16. The molecule has 0 aliphatic heterocycles. The highest BCUT2D eigenvalue weighted by Crippen LogP contribution is 2.22. The Hall–Kier alpha value is 0.180. The van der Waals surface area contributed by atoms with E-state index in [-0.39, 0.29) is 29.9 Å². The van der Waals surface area contributed by atoms with Crippen LogP contribution in [0, 0.1) is 0 Å². The maximum Gasteiger partial charge on any atom is 0.186 e. The summed E-state index contributed by atoms with van der Waals surface area (Å²) in [4.78, 5) is 5.01. The number of nitrogens with zero attached hydrogens (tertiary/aromatic N) is 1. The number of guanidine groups is 1. The third-order valence-electron chi connectivity index (χ3n) is 1.05. The molecule has 0 spiro atoms. The van der Waals surface area contributed by atoms with Gasteiger partial charge in [-0.25, -0.2) is 4.99 Å². The van der Waals surface area contributed by atoms with Gasteiger partial charge in [-0.2, -0.15) is 0 Å². The summed E-state index contributed by atoms with van der Waals surface area (Å²) in [6.07, 6.45) is 0. The molecule has 12 heavy (non-hydrogen) atoms. The second kappa shape index (κ2) is 5.76. The van der Waals surface area contributed by atoms with Crippen molar-refractivity contribution in [1.82, 2.24) is 0 Å². The van der Waals surface area contributed by atoms with Crippen molar-refractivity contribution < 1.29 is 0 Å². The lowest BCUT2D eigenvalue weighted by Gasteiger charge is -1.89. The standard InChI is InChI=1S/C6H8BrN3S.HI/c7-5-2-1-4(11-5)3-10-6(8)9;/h1-2H,3H2,(H4,8,9,10);1H. The Morgan fingerprint density at radius 3 is 2.58 bits per heavy atom. The average Bonchev–Trinajstić information content (AvgIpc) is 2.31. The number of aliphatic imine (C=N–C) groups is 1. The van der Waals surface area contributed by atoms with Gasteiger partial charge in [-0.15, -0.1) is 35.3 Å². The van der Waals surface area contributed by atoms with Gasteiger partial charge >= 0.3 is 0 Å². The van der Waals surface area contributed by atoms with Gasteiger partial charge in [-0.1, -0.05) is 0 Å². The molecule has 0 aromatic carbocycles. The van der Waals surface area contributed by atoms with Crippen molar-refractivity contribution in [3.63, 3.8) is 0 Å². The second-order valence-electron chi connectivity index (χ2n) is 1.95. The van der Waals surface area contributed by atoms with E-state index >= 15 is 0 Å². The van der Waals surface area contributed by atoms with Crippen molar-refractivity contribution >= 4 is 57.2 Å². The third kappa shape index (κ3) is 4.27. The van der Waals surface area contributed by atoms with E-state index in [9.17, 15) is 0 Å². The molecule has 3 nitrogen and oxygen atoms in total. The number of nitrogens with two attached hydrogens (primary N) is 2. The lowest BCUT2D eigenvalue weighted by molar-refractivity contribution is 1.09. The first-order chi connectivity index (χ1) is 5.18. The van der Waals surface area contributed by atoms with E-state index in [0.29, 0.717) is 6.54 Å². The maximum absolute atomic E-state index is 5.17. The summed E-state index contributed by atoms with van der Waals surface area (Å²) in [6.45, 7) is 0.568. The molecular formula is C6H9BrIN3S. The van der Waals surface area contributed by atoms with Crippen LogP contribution in [0.25, 0.3) is 0 Å². The van der Waals surface area contributed by atoms with Crippen LogP contribution in [0.5, 0.6) is 0 Å². The number of thiophene rings is 1. The summed E-state index contributed by atoms with van der Waals surface area (Å²) in [7, 11) is 0. The average molecular weight is 362 g/mol. The van der Waals surface area contributed by atoms with Gasteiger partial charge in [0.05, 0.1) is 10.3 Å². The molecule has 0 atom stereocenters. The monoisotopic (exact) mass is 361 g/mol. The van der Waals surface area contributed by atoms with Crippen LogP contribution >= 0.6 is 51.2 Å². The van der Waals surface area contributed by atoms with Crippen LogP contribution in [-0.4, -0.2) is 5.96 Å². The zero-order valence-corrected chi connectivity index (χ0v) is 10.9. The highest BCUT2D eigenvalue weighted by Gasteiger charge is 1.94. The Labute approximate surface area is 100 Å². The predicted molar refractivity (Wildman–Crippen MR) is 66.9 cm³/mol. The van der Waals surface area contributed by atoms with Crippen LogP contribution in [0.2, 0.25) is 0 Å². The molecule has 0 saturated carbocycles. The van der Waals surface area contributed by atoms with Crippen LogP contribution in [0.3, 0.4) is 0 Å². The van der Waals surface area contributed by atoms with Crippen molar-refractivity contribution in [3.8, 4) is 0 Å². The van der Waals surface area contributed by atoms with Crippen LogP contribution in [0.1, 0.15) is 4.88 Å². The Kier molecular flexibility index (Phi) is 5.85. The molecule has 6 heteroatoms. The highest BCUT2D eigenvalue weighted by atomic mass is 127. The van der Waals surface area contributed by atoms with Crippen molar-refractivity contribution in [2.24, 2.45) is 16.5 Å². The molecule has 1 heterocycles. The topological polar surface area (TPSA) is 64.4 Å². The maximum atomic E-state index is 5.17. The molecular weight excluding hydrogens is 353 g/mol. The Morgan fingerprint density at radius 1 is 1.50 bits per heavy atom. The molecule has 0 unspecified atom stereocenters. The summed E-state index contributed by atoms with van der Waals surface area (Å²) in [5.74, 6) is 0.134. The summed E-state index contributed by atoms with van der Waals surface area (Å²) >= 11 is 4.97. The molecule has 1 aromatic rings. The normalized spacial score (nSPS) is 8.75. The minimum atomic E-state index is 0. The molecule has 0 bridgehead atoms. The summed E-state index contributed by atoms with van der Waals surface area (Å²) < 4.78 is 1.10. The first kappa shape index (κ1) is 12.2. The number of rotatable bonds is 2. The van der Waals surface area contributed by atoms with E-state index in [0.717, 1.165) is 8.66 Å².